The van der Waals surface area contributed by atoms with Crippen molar-refractivity contribution in [3.63, 3.8) is 0 Å². The van der Waals surface area contributed by atoms with Gasteiger partial charge in [-0.3, -0.25) is 0 Å². The van der Waals surface area contributed by atoms with Gasteiger partial charge < -0.3 is 22.9 Å². The molecule has 0 unspecified atom stereocenters. The third kappa shape index (κ3) is 1.32. The fourth-order valence-corrected chi connectivity index (χ4v) is 3.54. The van der Waals surface area contributed by atoms with E-state index in [4.69, 9.17) is 22.9 Å². The van der Waals surface area contributed by atoms with Crippen molar-refractivity contribution in [2.24, 2.45) is 0 Å². The van der Waals surface area contributed by atoms with Gasteiger partial charge in [-0.05, 0) is 47.2 Å². The van der Waals surface area contributed by atoms with Gasteiger partial charge in [0.05, 0.1) is 17.1 Å². The Morgan fingerprint density at radius 1 is 0.682 bits per heavy atom. The molecule has 0 amide bonds. The molecule has 8 N–H and O–H groups in total. The molecular weight excluding hydrogens is 272 g/mol. The zero-order valence-electron chi connectivity index (χ0n) is 12.6. The van der Waals surface area contributed by atoms with Gasteiger partial charge in [0, 0.05) is 21.8 Å². The van der Waals surface area contributed by atoms with Gasteiger partial charge in [-0.25, -0.2) is 0 Å². The number of nitrogen functional groups attached to an aromatic ring is 4. The van der Waals surface area contributed by atoms with Gasteiger partial charge in [-0.2, -0.15) is 0 Å². The summed E-state index contributed by atoms with van der Waals surface area (Å²) in [6, 6.07) is 8.26. The number of hydrogen-bond donors (Lipinski definition) is 4. The summed E-state index contributed by atoms with van der Waals surface area (Å²) >= 11 is 0. The maximum Gasteiger partial charge on any atom is 0.0795 e. The van der Waals surface area contributed by atoms with Crippen molar-refractivity contribution in [3.8, 4) is 0 Å². The van der Waals surface area contributed by atoms with Crippen LogP contribution >= 0.6 is 0 Å². The van der Waals surface area contributed by atoms with E-state index in [0.29, 0.717) is 22.7 Å². The van der Waals surface area contributed by atoms with E-state index in [0.717, 1.165) is 26.9 Å². The molecule has 22 heavy (non-hydrogen) atoms. The molecular formula is C18H18N4. The summed E-state index contributed by atoms with van der Waals surface area (Å²) in [5.74, 6) is 0. The molecule has 0 atom stereocenters. The summed E-state index contributed by atoms with van der Waals surface area (Å²) in [6.07, 6.45) is 0. The van der Waals surface area contributed by atoms with Gasteiger partial charge in [-0.15, -0.1) is 0 Å². The molecule has 0 aliphatic carbocycles. The van der Waals surface area contributed by atoms with E-state index in [9.17, 15) is 0 Å². The SMILES string of the molecule is Cc1cc2cc(N)c3c(N)c(N)c(N)c4ccc(c1C)c2c43. The molecule has 0 saturated carbocycles. The summed E-state index contributed by atoms with van der Waals surface area (Å²) in [7, 11) is 0. The van der Waals surface area contributed by atoms with Crippen LogP contribution in [0.2, 0.25) is 0 Å². The highest BCUT2D eigenvalue weighted by Gasteiger charge is 2.19. The number of rotatable bonds is 0. The number of benzene rings is 4. The van der Waals surface area contributed by atoms with Gasteiger partial charge in [0.15, 0.2) is 0 Å². The van der Waals surface area contributed by atoms with Crippen LogP contribution in [0.1, 0.15) is 11.1 Å². The first-order chi connectivity index (χ1) is 10.4. The largest absolute Gasteiger partial charge is 0.398 e. The Kier molecular flexibility index (Phi) is 2.25. The Hall–Kier alpha value is -2.88. The highest BCUT2D eigenvalue weighted by molar-refractivity contribution is 6.32. The van der Waals surface area contributed by atoms with Crippen molar-refractivity contribution in [1.82, 2.24) is 0 Å². The van der Waals surface area contributed by atoms with Gasteiger partial charge in [0.2, 0.25) is 0 Å². The van der Waals surface area contributed by atoms with Gasteiger partial charge in [0.1, 0.15) is 0 Å². The molecule has 0 aliphatic rings. The smallest absolute Gasteiger partial charge is 0.0795 e. The van der Waals surface area contributed by atoms with Crippen molar-refractivity contribution < 1.29 is 0 Å². The monoisotopic (exact) mass is 290 g/mol. The second-order valence-electron chi connectivity index (χ2n) is 6.03. The average Bonchev–Trinajstić information content (AvgIpc) is 2.49. The van der Waals surface area contributed by atoms with Crippen LogP contribution in [0, 0.1) is 13.8 Å². The molecule has 110 valence electrons. The molecule has 0 aliphatic heterocycles. The second kappa shape index (κ2) is 3.85. The highest BCUT2D eigenvalue weighted by Crippen LogP contribution is 2.46. The van der Waals surface area contributed by atoms with E-state index in [2.05, 4.69) is 26.0 Å². The Morgan fingerprint density at radius 3 is 2.09 bits per heavy atom. The molecule has 0 bridgehead atoms. The highest BCUT2D eigenvalue weighted by atomic mass is 14.7. The Balaban J connectivity index is 2.48. The third-order valence-electron chi connectivity index (χ3n) is 4.85. The second-order valence-corrected chi connectivity index (χ2v) is 6.03. The van der Waals surface area contributed by atoms with Gasteiger partial charge in [0.25, 0.3) is 0 Å². The minimum atomic E-state index is 0.408. The molecule has 0 heterocycles. The Bertz CT molecular complexity index is 1080. The van der Waals surface area contributed by atoms with E-state index < -0.39 is 0 Å². The number of aryl methyl sites for hydroxylation is 2. The summed E-state index contributed by atoms with van der Waals surface area (Å²) in [5, 5.41) is 6.20. The zero-order chi connectivity index (χ0) is 15.8. The van der Waals surface area contributed by atoms with E-state index >= 15 is 0 Å². The molecule has 4 rings (SSSR count). The van der Waals surface area contributed by atoms with E-state index in [1.54, 1.807) is 0 Å². The Morgan fingerprint density at radius 2 is 1.36 bits per heavy atom. The van der Waals surface area contributed by atoms with Crippen molar-refractivity contribution in [2.75, 3.05) is 22.9 Å². The van der Waals surface area contributed by atoms with Crippen LogP contribution in [0.5, 0.6) is 0 Å². The third-order valence-corrected chi connectivity index (χ3v) is 4.85. The quantitative estimate of drug-likeness (QED) is 0.294. The summed E-state index contributed by atoms with van der Waals surface area (Å²) in [5.41, 5.74) is 29.3. The Labute approximate surface area is 128 Å². The topological polar surface area (TPSA) is 104 Å². The van der Waals surface area contributed by atoms with Crippen LogP contribution in [0.25, 0.3) is 32.3 Å². The number of anilines is 4. The lowest BCUT2D eigenvalue weighted by Gasteiger charge is -2.19. The fourth-order valence-electron chi connectivity index (χ4n) is 3.54. The van der Waals surface area contributed by atoms with Crippen LogP contribution in [0.4, 0.5) is 22.7 Å². The molecule has 4 heteroatoms. The first kappa shape index (κ1) is 12.8. The van der Waals surface area contributed by atoms with Crippen LogP contribution < -0.4 is 22.9 Å². The van der Waals surface area contributed by atoms with Crippen molar-refractivity contribution in [1.29, 1.82) is 0 Å². The summed E-state index contributed by atoms with van der Waals surface area (Å²) < 4.78 is 0. The minimum Gasteiger partial charge on any atom is -0.398 e. The first-order valence-electron chi connectivity index (χ1n) is 7.22. The minimum absolute atomic E-state index is 0.408. The summed E-state index contributed by atoms with van der Waals surface area (Å²) in [6.45, 7) is 4.24. The molecule has 4 aromatic rings. The van der Waals surface area contributed by atoms with Crippen LogP contribution in [0.15, 0.2) is 24.3 Å². The molecule has 0 aromatic heterocycles. The van der Waals surface area contributed by atoms with Crippen molar-refractivity contribution in [2.45, 2.75) is 13.8 Å². The molecule has 4 aromatic carbocycles. The zero-order valence-corrected chi connectivity index (χ0v) is 12.6. The van der Waals surface area contributed by atoms with Crippen molar-refractivity contribution >= 4 is 55.1 Å². The van der Waals surface area contributed by atoms with Gasteiger partial charge >= 0.3 is 0 Å². The van der Waals surface area contributed by atoms with E-state index in [-0.39, 0.29) is 0 Å². The first-order valence-corrected chi connectivity index (χ1v) is 7.22. The fraction of sp³-hybridized carbons (Fsp3) is 0.111. The lowest BCUT2D eigenvalue weighted by Crippen LogP contribution is -2.04. The predicted molar refractivity (Wildman–Crippen MR) is 97.3 cm³/mol. The van der Waals surface area contributed by atoms with E-state index in [1.165, 1.54) is 16.5 Å². The van der Waals surface area contributed by atoms with Gasteiger partial charge in [-0.1, -0.05) is 18.2 Å². The van der Waals surface area contributed by atoms with E-state index in [1.807, 2.05) is 12.1 Å². The number of nitrogens with two attached hydrogens (primary N) is 4. The average molecular weight is 290 g/mol. The lowest BCUT2D eigenvalue weighted by atomic mass is 9.88. The van der Waals surface area contributed by atoms with Crippen LogP contribution in [0.3, 0.4) is 0 Å². The molecule has 0 saturated heterocycles. The molecule has 4 nitrogen and oxygen atoms in total. The predicted octanol–water partition coefficient (Wildman–Crippen LogP) is 3.53. The maximum atomic E-state index is 6.27. The molecule has 0 radical (unpaired) electrons. The number of hydrogen-bond acceptors (Lipinski definition) is 4. The molecule has 0 spiro atoms. The van der Waals surface area contributed by atoms with Crippen molar-refractivity contribution in [3.05, 3.63) is 35.4 Å². The maximum absolute atomic E-state index is 6.27. The molecule has 0 fully saturated rings. The van der Waals surface area contributed by atoms with Crippen LogP contribution in [-0.2, 0) is 0 Å². The normalized spacial score (nSPS) is 11.9. The standard InChI is InChI=1S/C18H18N4/c1-7-5-9-6-12(19)15-14-11(16(20)18(22)17(15)21)4-3-10(8(7)2)13(9)14/h3-6H,19-22H2,1-2H3. The lowest BCUT2D eigenvalue weighted by molar-refractivity contribution is 1.39. The van der Waals surface area contributed by atoms with Crippen LogP contribution in [-0.4, -0.2) is 0 Å². The summed E-state index contributed by atoms with van der Waals surface area (Å²) in [4.78, 5) is 0.